The van der Waals surface area contributed by atoms with Crippen LogP contribution in [-0.2, 0) is 28.5 Å². The Morgan fingerprint density at radius 3 is 2.14 bits per heavy atom. The fraction of sp³-hybridized carbons (Fsp3) is 0.867. The third kappa shape index (κ3) is 4.93. The van der Waals surface area contributed by atoms with Gasteiger partial charge in [-0.2, -0.15) is 0 Å². The van der Waals surface area contributed by atoms with E-state index in [0.717, 1.165) is 0 Å². The molecule has 0 saturated carbocycles. The third-order valence-electron chi connectivity index (χ3n) is 3.48. The van der Waals surface area contributed by atoms with E-state index in [-0.39, 0.29) is 25.7 Å². The van der Waals surface area contributed by atoms with E-state index in [1.807, 2.05) is 0 Å². The summed E-state index contributed by atoms with van der Waals surface area (Å²) in [5.41, 5.74) is 3.81. The minimum absolute atomic E-state index is 0.151. The van der Waals surface area contributed by atoms with Crippen LogP contribution in [0.3, 0.4) is 0 Å². The molecule has 0 bridgehead atoms. The molecule has 0 spiro atoms. The number of esters is 2. The van der Waals surface area contributed by atoms with Crippen LogP contribution in [0, 0.1) is 0 Å². The smallest absolute Gasteiger partial charge is 0.350 e. The summed E-state index contributed by atoms with van der Waals surface area (Å²) in [7, 11) is 0. The molecule has 22 heavy (non-hydrogen) atoms. The van der Waals surface area contributed by atoms with Gasteiger partial charge < -0.3 is 24.7 Å². The molecule has 1 rings (SSSR count). The lowest BCUT2D eigenvalue weighted by molar-refractivity contribution is -0.204. The van der Waals surface area contributed by atoms with Crippen LogP contribution in [0.4, 0.5) is 0 Å². The van der Waals surface area contributed by atoms with Crippen molar-refractivity contribution in [1.29, 1.82) is 0 Å². The van der Waals surface area contributed by atoms with E-state index < -0.39 is 17.5 Å². The highest BCUT2D eigenvalue weighted by atomic mass is 16.6. The van der Waals surface area contributed by atoms with Gasteiger partial charge in [-0.3, -0.25) is 0 Å². The first kappa shape index (κ1) is 18.9. The van der Waals surface area contributed by atoms with E-state index in [1.54, 1.807) is 13.8 Å². The predicted molar refractivity (Wildman–Crippen MR) is 79.2 cm³/mol. The van der Waals surface area contributed by atoms with Crippen molar-refractivity contribution in [2.75, 3.05) is 33.0 Å². The second-order valence-corrected chi connectivity index (χ2v) is 5.09. The molecular formula is C15H27NO6. The number of carbonyl (C=O) groups excluding carboxylic acids is 2. The number of ether oxygens (including phenoxy) is 4. The van der Waals surface area contributed by atoms with E-state index in [4.69, 9.17) is 24.7 Å². The number of rotatable bonds is 9. The summed E-state index contributed by atoms with van der Waals surface area (Å²) in [6, 6.07) is 0. The second kappa shape index (κ2) is 9.76. The van der Waals surface area contributed by atoms with Crippen LogP contribution in [0.2, 0.25) is 0 Å². The van der Waals surface area contributed by atoms with Crippen molar-refractivity contribution >= 4 is 11.9 Å². The fourth-order valence-corrected chi connectivity index (χ4v) is 2.37. The number of hydrogen-bond acceptors (Lipinski definition) is 7. The first-order valence-electron chi connectivity index (χ1n) is 7.90. The summed E-state index contributed by atoms with van der Waals surface area (Å²) in [5, 5.41) is 0. The summed E-state index contributed by atoms with van der Waals surface area (Å²) in [5.74, 6) is -1.40. The maximum Gasteiger partial charge on any atom is 0.350 e. The SMILES string of the molecule is CCOC(=O)C(CCCN)(OC1CCOCC1)C(=O)OCC. The molecule has 128 valence electrons. The Balaban J connectivity index is 2.99. The van der Waals surface area contributed by atoms with Crippen LogP contribution in [0.5, 0.6) is 0 Å². The molecular weight excluding hydrogens is 290 g/mol. The molecule has 1 fully saturated rings. The minimum atomic E-state index is -1.73. The topological polar surface area (TPSA) is 97.1 Å². The lowest BCUT2D eigenvalue weighted by atomic mass is 9.96. The zero-order valence-corrected chi connectivity index (χ0v) is 13.5. The average molecular weight is 317 g/mol. The molecule has 0 radical (unpaired) electrons. The highest BCUT2D eigenvalue weighted by molar-refractivity contribution is 6.03. The number of carbonyl (C=O) groups is 2. The molecule has 1 heterocycles. The molecule has 0 aromatic carbocycles. The first-order chi connectivity index (χ1) is 10.6. The largest absolute Gasteiger partial charge is 0.463 e. The fourth-order valence-electron chi connectivity index (χ4n) is 2.37. The van der Waals surface area contributed by atoms with Crippen molar-refractivity contribution in [3.8, 4) is 0 Å². The maximum atomic E-state index is 12.4. The van der Waals surface area contributed by atoms with Gasteiger partial charge >= 0.3 is 11.9 Å². The molecule has 7 heteroatoms. The van der Waals surface area contributed by atoms with Crippen LogP contribution in [0.1, 0.15) is 39.5 Å². The molecule has 1 aliphatic rings. The van der Waals surface area contributed by atoms with Gasteiger partial charge in [0.2, 0.25) is 0 Å². The predicted octanol–water partition coefficient (Wildman–Crippen LogP) is 0.786. The van der Waals surface area contributed by atoms with Crippen LogP contribution in [0.25, 0.3) is 0 Å². The monoisotopic (exact) mass is 317 g/mol. The summed E-state index contributed by atoms with van der Waals surface area (Å²) in [6.07, 6.45) is 1.63. The van der Waals surface area contributed by atoms with Gasteiger partial charge in [0.25, 0.3) is 5.60 Å². The van der Waals surface area contributed by atoms with E-state index in [9.17, 15) is 9.59 Å². The lowest BCUT2D eigenvalue weighted by Crippen LogP contribution is -2.54. The van der Waals surface area contributed by atoms with E-state index in [1.165, 1.54) is 0 Å². The van der Waals surface area contributed by atoms with Crippen molar-refractivity contribution in [3.05, 3.63) is 0 Å². The zero-order chi connectivity index (χ0) is 16.4. The summed E-state index contributed by atoms with van der Waals surface area (Å²) < 4.78 is 21.4. The molecule has 1 saturated heterocycles. The van der Waals surface area contributed by atoms with Crippen molar-refractivity contribution in [2.45, 2.75) is 51.2 Å². The Morgan fingerprint density at radius 2 is 1.68 bits per heavy atom. The molecule has 1 aliphatic heterocycles. The second-order valence-electron chi connectivity index (χ2n) is 5.09. The standard InChI is InChI=1S/C15H27NO6/c1-3-20-13(17)15(8-5-9-16,14(18)21-4-2)22-12-6-10-19-11-7-12/h12H,3-11,16H2,1-2H3. The number of nitrogens with two attached hydrogens (primary N) is 1. The van der Waals surface area contributed by atoms with E-state index in [0.29, 0.717) is 39.0 Å². The van der Waals surface area contributed by atoms with Gasteiger partial charge in [-0.1, -0.05) is 0 Å². The van der Waals surface area contributed by atoms with E-state index >= 15 is 0 Å². The first-order valence-corrected chi connectivity index (χ1v) is 7.90. The van der Waals surface area contributed by atoms with Gasteiger partial charge in [0, 0.05) is 13.2 Å². The van der Waals surface area contributed by atoms with E-state index in [2.05, 4.69) is 0 Å². The Morgan fingerprint density at radius 1 is 1.14 bits per heavy atom. The molecule has 0 amide bonds. The van der Waals surface area contributed by atoms with Gasteiger partial charge in [0.05, 0.1) is 19.3 Å². The van der Waals surface area contributed by atoms with Gasteiger partial charge in [-0.25, -0.2) is 9.59 Å². The van der Waals surface area contributed by atoms with Gasteiger partial charge in [-0.05, 0) is 46.1 Å². The normalized spacial score (nSPS) is 16.3. The average Bonchev–Trinajstić information content (AvgIpc) is 2.52. The van der Waals surface area contributed by atoms with Crippen molar-refractivity contribution in [1.82, 2.24) is 0 Å². The van der Waals surface area contributed by atoms with Crippen molar-refractivity contribution in [2.24, 2.45) is 5.73 Å². The minimum Gasteiger partial charge on any atom is -0.463 e. The van der Waals surface area contributed by atoms with Crippen LogP contribution in [-0.4, -0.2) is 56.6 Å². The molecule has 0 unspecified atom stereocenters. The molecule has 0 atom stereocenters. The molecule has 0 aromatic rings. The lowest BCUT2D eigenvalue weighted by Gasteiger charge is -2.34. The Hall–Kier alpha value is -1.18. The molecule has 0 aromatic heterocycles. The molecule has 0 aliphatic carbocycles. The Bertz CT molecular complexity index is 336. The van der Waals surface area contributed by atoms with Gasteiger partial charge in [0.1, 0.15) is 0 Å². The van der Waals surface area contributed by atoms with Gasteiger partial charge in [-0.15, -0.1) is 0 Å². The van der Waals surface area contributed by atoms with Crippen LogP contribution in [0.15, 0.2) is 0 Å². The van der Waals surface area contributed by atoms with Crippen LogP contribution < -0.4 is 5.73 Å². The summed E-state index contributed by atoms with van der Waals surface area (Å²) in [4.78, 5) is 24.9. The van der Waals surface area contributed by atoms with Crippen molar-refractivity contribution in [3.63, 3.8) is 0 Å². The maximum absolute atomic E-state index is 12.4. The van der Waals surface area contributed by atoms with Crippen LogP contribution >= 0.6 is 0 Å². The number of hydrogen-bond donors (Lipinski definition) is 1. The Labute approximate surface area is 131 Å². The third-order valence-corrected chi connectivity index (χ3v) is 3.48. The molecule has 7 nitrogen and oxygen atoms in total. The summed E-state index contributed by atoms with van der Waals surface area (Å²) in [6.45, 7) is 5.14. The van der Waals surface area contributed by atoms with Gasteiger partial charge in [0.15, 0.2) is 0 Å². The summed E-state index contributed by atoms with van der Waals surface area (Å²) >= 11 is 0. The highest BCUT2D eigenvalue weighted by Gasteiger charge is 2.51. The zero-order valence-electron chi connectivity index (χ0n) is 13.5. The quantitative estimate of drug-likeness (QED) is 0.496. The highest BCUT2D eigenvalue weighted by Crippen LogP contribution is 2.27. The molecule has 2 N–H and O–H groups in total. The Kier molecular flexibility index (Phi) is 8.37. The van der Waals surface area contributed by atoms with Crippen molar-refractivity contribution < 1.29 is 28.5 Å².